The second kappa shape index (κ2) is 8.26. The van der Waals surface area contributed by atoms with E-state index in [1.807, 2.05) is 0 Å². The van der Waals surface area contributed by atoms with Gasteiger partial charge in [-0.05, 0) is 81.3 Å². The lowest BCUT2D eigenvalue weighted by atomic mass is 9.47. The molecule has 0 radical (unpaired) electrons. The predicted molar refractivity (Wildman–Crippen MR) is 128 cm³/mol. The fourth-order valence-electron chi connectivity index (χ4n) is 7.01. The Bertz CT molecular complexity index is 1030. The van der Waals surface area contributed by atoms with Gasteiger partial charge in [0, 0.05) is 11.5 Å². The molecule has 180 valence electrons. The minimum absolute atomic E-state index is 0.0720. The second-order valence-electron chi connectivity index (χ2n) is 10.2. The summed E-state index contributed by atoms with van der Waals surface area (Å²) >= 11 is 16.1. The van der Waals surface area contributed by atoms with Crippen molar-refractivity contribution in [1.82, 2.24) is 5.32 Å². The number of benzene rings is 1. The molecule has 0 heterocycles. The van der Waals surface area contributed by atoms with E-state index in [4.69, 9.17) is 40.5 Å². The Labute approximate surface area is 210 Å². The normalized spacial score (nSPS) is 34.4. The minimum Gasteiger partial charge on any atom is -0.369 e. The molecule has 11 heteroatoms. The van der Waals surface area contributed by atoms with E-state index >= 15 is 0 Å². The summed E-state index contributed by atoms with van der Waals surface area (Å²) < 4.78 is 23.9. The van der Waals surface area contributed by atoms with Crippen molar-refractivity contribution in [2.75, 3.05) is 4.31 Å². The number of halogens is 3. The molecule has 33 heavy (non-hydrogen) atoms. The van der Waals surface area contributed by atoms with Crippen LogP contribution >= 0.6 is 34.8 Å². The van der Waals surface area contributed by atoms with Crippen molar-refractivity contribution in [1.29, 1.82) is 0 Å². The van der Waals surface area contributed by atoms with Crippen LogP contribution < -0.4 is 15.4 Å². The molecule has 6 rings (SSSR count). The molecule has 4 bridgehead atoms. The number of amides is 2. The lowest BCUT2D eigenvalue weighted by Gasteiger charge is -2.59. The standard InChI is InChI=1S/C22H26Cl3N3O4S/c23-14-6-16(25)17(7-15(14)24)28(33(31)32)22(2-1-3-22)20(30)27-18-12-4-11-5-13(18)10-21(8-11,9-12)19(26)29/h6-7,11-13,18H,1-5,8-10H2,(H2,26,29)(H,27,30)(H,31,32). The molecule has 3 unspecified atom stereocenters. The first-order valence-corrected chi connectivity index (χ1v) is 13.4. The van der Waals surface area contributed by atoms with Gasteiger partial charge in [0.15, 0.2) is 0 Å². The summed E-state index contributed by atoms with van der Waals surface area (Å²) in [5.74, 6) is 0.331. The van der Waals surface area contributed by atoms with E-state index in [1.54, 1.807) is 0 Å². The molecule has 3 atom stereocenters. The van der Waals surface area contributed by atoms with Gasteiger partial charge in [-0.3, -0.25) is 18.4 Å². The molecule has 4 N–H and O–H groups in total. The van der Waals surface area contributed by atoms with E-state index in [-0.39, 0.29) is 50.4 Å². The monoisotopic (exact) mass is 533 g/mol. The smallest absolute Gasteiger partial charge is 0.262 e. The van der Waals surface area contributed by atoms with Crippen molar-refractivity contribution in [3.05, 3.63) is 27.2 Å². The maximum Gasteiger partial charge on any atom is 0.262 e. The molecule has 5 fully saturated rings. The van der Waals surface area contributed by atoms with Gasteiger partial charge in [0.2, 0.25) is 11.8 Å². The van der Waals surface area contributed by atoms with Crippen molar-refractivity contribution in [3.8, 4) is 0 Å². The van der Waals surface area contributed by atoms with Crippen LogP contribution in [0.5, 0.6) is 0 Å². The summed E-state index contributed by atoms with van der Waals surface area (Å²) in [7, 11) is 0. The Hall–Kier alpha value is -1.06. The highest BCUT2D eigenvalue weighted by Crippen LogP contribution is 2.60. The third kappa shape index (κ3) is 3.68. The number of rotatable bonds is 6. The van der Waals surface area contributed by atoms with Crippen molar-refractivity contribution < 1.29 is 18.4 Å². The molecule has 5 aliphatic carbocycles. The molecule has 5 aliphatic rings. The van der Waals surface area contributed by atoms with Crippen molar-refractivity contribution >= 4 is 63.6 Å². The van der Waals surface area contributed by atoms with Gasteiger partial charge in [-0.15, -0.1) is 0 Å². The SMILES string of the molecule is NC(=O)C12CC3CC(C1)C(NC(=O)C1(N(c4cc(Cl)c(Cl)cc4Cl)S(=O)O)CCC1)C(C3)C2. The van der Waals surface area contributed by atoms with E-state index in [0.717, 1.165) is 30.0 Å². The van der Waals surface area contributed by atoms with Crippen LogP contribution in [0.25, 0.3) is 0 Å². The number of hydrogen-bond acceptors (Lipinski definition) is 3. The summed E-state index contributed by atoms with van der Waals surface area (Å²) in [5.41, 5.74) is 4.32. The fraction of sp³-hybridized carbons (Fsp3) is 0.636. The number of hydrogen-bond donors (Lipinski definition) is 3. The summed E-state index contributed by atoms with van der Waals surface area (Å²) in [5, 5.41) is 3.77. The van der Waals surface area contributed by atoms with Gasteiger partial charge in [0.1, 0.15) is 5.54 Å². The highest BCUT2D eigenvalue weighted by atomic mass is 35.5. The minimum atomic E-state index is -2.52. The van der Waals surface area contributed by atoms with Crippen LogP contribution in [-0.2, 0) is 20.9 Å². The fourth-order valence-corrected chi connectivity index (χ4v) is 8.57. The zero-order chi connectivity index (χ0) is 23.7. The first kappa shape index (κ1) is 23.7. The number of carbonyl (C=O) groups excluding carboxylic acids is 2. The number of carbonyl (C=O) groups is 2. The van der Waals surface area contributed by atoms with Crippen LogP contribution in [0.2, 0.25) is 15.1 Å². The quantitative estimate of drug-likeness (QED) is 0.373. The maximum absolute atomic E-state index is 13.7. The topological polar surface area (TPSA) is 113 Å². The highest BCUT2D eigenvalue weighted by Gasteiger charge is 2.60. The molecule has 0 saturated heterocycles. The lowest BCUT2D eigenvalue weighted by Crippen LogP contribution is -2.68. The summed E-state index contributed by atoms with van der Waals surface area (Å²) in [4.78, 5) is 26.0. The first-order chi connectivity index (χ1) is 15.6. The van der Waals surface area contributed by atoms with E-state index in [1.165, 1.54) is 12.1 Å². The number of nitrogens with two attached hydrogens (primary N) is 1. The first-order valence-electron chi connectivity index (χ1n) is 11.2. The molecule has 1 aromatic rings. The molecule has 7 nitrogen and oxygen atoms in total. The van der Waals surface area contributed by atoms with E-state index in [9.17, 15) is 18.4 Å². The van der Waals surface area contributed by atoms with Gasteiger partial charge in [0.05, 0.1) is 20.8 Å². The summed E-state index contributed by atoms with van der Waals surface area (Å²) in [6.45, 7) is 0. The van der Waals surface area contributed by atoms with Crippen molar-refractivity contribution in [3.63, 3.8) is 0 Å². The second-order valence-corrected chi connectivity index (χ2v) is 12.3. The van der Waals surface area contributed by atoms with E-state index < -0.39 is 22.2 Å². The van der Waals surface area contributed by atoms with Gasteiger partial charge in [-0.25, -0.2) is 4.21 Å². The van der Waals surface area contributed by atoms with Crippen molar-refractivity contribution in [2.45, 2.75) is 62.9 Å². The third-order valence-corrected chi connectivity index (χ3v) is 10.3. The van der Waals surface area contributed by atoms with Crippen LogP contribution in [0, 0.1) is 23.2 Å². The van der Waals surface area contributed by atoms with Crippen LogP contribution in [0.15, 0.2) is 12.1 Å². The van der Waals surface area contributed by atoms with Crippen LogP contribution in [0.4, 0.5) is 5.69 Å². The molecule has 2 amide bonds. The van der Waals surface area contributed by atoms with Gasteiger partial charge >= 0.3 is 0 Å². The Kier molecular flexibility index (Phi) is 5.93. The predicted octanol–water partition coefficient (Wildman–Crippen LogP) is 4.31. The average molecular weight is 535 g/mol. The maximum atomic E-state index is 13.7. The van der Waals surface area contributed by atoms with Gasteiger partial charge in [-0.1, -0.05) is 34.8 Å². The van der Waals surface area contributed by atoms with Crippen molar-refractivity contribution in [2.24, 2.45) is 28.9 Å². The third-order valence-electron chi connectivity index (χ3n) is 8.45. The number of nitrogens with zero attached hydrogens (tertiary/aromatic N) is 1. The Morgan fingerprint density at radius 2 is 1.67 bits per heavy atom. The lowest BCUT2D eigenvalue weighted by molar-refractivity contribution is -0.148. The summed E-state index contributed by atoms with van der Waals surface area (Å²) in [6, 6.07) is 2.76. The molecule has 1 aromatic carbocycles. The van der Waals surface area contributed by atoms with Crippen LogP contribution in [-0.4, -0.2) is 32.2 Å². The van der Waals surface area contributed by atoms with Crippen LogP contribution in [0.1, 0.15) is 51.4 Å². The molecule has 0 aliphatic heterocycles. The highest BCUT2D eigenvalue weighted by molar-refractivity contribution is 7.80. The van der Waals surface area contributed by atoms with Gasteiger partial charge in [-0.2, -0.15) is 0 Å². The number of anilines is 1. The van der Waals surface area contributed by atoms with E-state index in [2.05, 4.69) is 5.32 Å². The zero-order valence-electron chi connectivity index (χ0n) is 17.9. The molecule has 0 aromatic heterocycles. The molecule has 5 saturated carbocycles. The Morgan fingerprint density at radius 1 is 1.06 bits per heavy atom. The number of nitrogens with one attached hydrogen (secondary N) is 1. The number of primary amides is 1. The summed E-state index contributed by atoms with van der Waals surface area (Å²) in [6.07, 6.45) is 5.76. The average Bonchev–Trinajstić information content (AvgIpc) is 2.69. The van der Waals surface area contributed by atoms with Gasteiger partial charge in [0.25, 0.3) is 11.3 Å². The Morgan fingerprint density at radius 3 is 2.18 bits per heavy atom. The Balaban J connectivity index is 1.43. The van der Waals surface area contributed by atoms with Crippen LogP contribution in [0.3, 0.4) is 0 Å². The molecule has 0 spiro atoms. The zero-order valence-corrected chi connectivity index (χ0v) is 20.9. The van der Waals surface area contributed by atoms with E-state index in [0.29, 0.717) is 31.6 Å². The van der Waals surface area contributed by atoms with Gasteiger partial charge < -0.3 is 11.1 Å². The largest absolute Gasteiger partial charge is 0.369 e. The molecular weight excluding hydrogens is 509 g/mol. The molecular formula is C22H26Cl3N3O4S.